The van der Waals surface area contributed by atoms with Gasteiger partial charge in [0, 0.05) is 6.54 Å². The minimum atomic E-state index is -3.92. The molecule has 1 aromatic carbocycles. The third-order valence-corrected chi connectivity index (χ3v) is 3.53. The van der Waals surface area contributed by atoms with Crippen LogP contribution in [0.2, 0.25) is 0 Å². The summed E-state index contributed by atoms with van der Waals surface area (Å²) in [6, 6.07) is 2.93. The van der Waals surface area contributed by atoms with Crippen LogP contribution in [0.25, 0.3) is 0 Å². The molecule has 8 heteroatoms. The quantitative estimate of drug-likeness (QED) is 0.649. The molecule has 0 unspecified atom stereocenters. The van der Waals surface area contributed by atoms with Crippen molar-refractivity contribution in [2.24, 2.45) is 0 Å². The number of carbonyl (C=O) groups is 1. The number of nitrogen functional groups attached to an aromatic ring is 1. The summed E-state index contributed by atoms with van der Waals surface area (Å²) in [6.07, 6.45) is 0. The van der Waals surface area contributed by atoms with E-state index in [0.717, 1.165) is 18.2 Å². The number of anilines is 1. The summed E-state index contributed by atoms with van der Waals surface area (Å²) in [4.78, 5) is 10.9. The predicted molar refractivity (Wildman–Crippen MR) is 64.7 cm³/mol. The first-order valence-electron chi connectivity index (χ1n) is 5.18. The number of nitrogens with two attached hydrogens (primary N) is 1. The van der Waals surface area contributed by atoms with Gasteiger partial charge in [-0.2, -0.15) is 0 Å². The van der Waals surface area contributed by atoms with Crippen molar-refractivity contribution in [1.29, 1.82) is 0 Å². The van der Waals surface area contributed by atoms with E-state index in [4.69, 9.17) is 5.73 Å². The molecule has 0 aliphatic heterocycles. The number of amides is 1. The van der Waals surface area contributed by atoms with Crippen molar-refractivity contribution in [3.63, 3.8) is 0 Å². The highest BCUT2D eigenvalue weighted by molar-refractivity contribution is 7.89. The highest BCUT2D eigenvalue weighted by atomic mass is 32.2. The maximum atomic E-state index is 12.8. The number of hydrogen-bond acceptors (Lipinski definition) is 4. The highest BCUT2D eigenvalue weighted by Gasteiger charge is 2.18. The molecule has 0 aromatic heterocycles. The normalized spacial score (nSPS) is 11.2. The number of sulfonamides is 1. The van der Waals surface area contributed by atoms with Crippen LogP contribution >= 0.6 is 0 Å². The molecule has 0 saturated carbocycles. The van der Waals surface area contributed by atoms with Gasteiger partial charge in [0.2, 0.25) is 15.9 Å². The van der Waals surface area contributed by atoms with Crippen molar-refractivity contribution in [2.75, 3.05) is 18.8 Å². The molecule has 0 heterocycles. The molecular weight excluding hydrogens is 261 g/mol. The van der Waals surface area contributed by atoms with E-state index in [1.807, 2.05) is 0 Å². The Labute approximate surface area is 104 Å². The van der Waals surface area contributed by atoms with Crippen LogP contribution in [0, 0.1) is 5.82 Å². The Balaban J connectivity index is 2.83. The molecule has 18 heavy (non-hydrogen) atoms. The van der Waals surface area contributed by atoms with Crippen molar-refractivity contribution in [2.45, 2.75) is 11.8 Å². The molecular formula is C10H14FN3O3S. The van der Waals surface area contributed by atoms with Crippen molar-refractivity contribution in [3.05, 3.63) is 24.0 Å². The Hall–Kier alpha value is -1.67. The van der Waals surface area contributed by atoms with Crippen LogP contribution < -0.4 is 15.8 Å². The van der Waals surface area contributed by atoms with Crippen molar-refractivity contribution < 1.29 is 17.6 Å². The zero-order valence-electron chi connectivity index (χ0n) is 9.73. The van der Waals surface area contributed by atoms with E-state index >= 15 is 0 Å². The molecule has 1 rings (SSSR count). The molecule has 1 amide bonds. The summed E-state index contributed by atoms with van der Waals surface area (Å²) >= 11 is 0. The number of nitrogens with one attached hydrogen (secondary N) is 2. The maximum Gasteiger partial charge on any atom is 0.243 e. The van der Waals surface area contributed by atoms with Gasteiger partial charge < -0.3 is 11.1 Å². The molecule has 0 aliphatic rings. The van der Waals surface area contributed by atoms with Crippen LogP contribution in [0.4, 0.5) is 10.1 Å². The van der Waals surface area contributed by atoms with Crippen LogP contribution in [0.3, 0.4) is 0 Å². The fraction of sp³-hybridized carbons (Fsp3) is 0.300. The minimum absolute atomic E-state index is 0.210. The molecule has 0 bridgehead atoms. The molecule has 0 saturated heterocycles. The number of hydrogen-bond donors (Lipinski definition) is 3. The lowest BCUT2D eigenvalue weighted by Gasteiger charge is -2.08. The van der Waals surface area contributed by atoms with Gasteiger partial charge in [-0.3, -0.25) is 4.79 Å². The number of rotatable bonds is 5. The molecule has 0 atom stereocenters. The van der Waals surface area contributed by atoms with Gasteiger partial charge in [0.25, 0.3) is 0 Å². The summed E-state index contributed by atoms with van der Waals surface area (Å²) in [5, 5.41) is 2.44. The van der Waals surface area contributed by atoms with Crippen LogP contribution in [-0.2, 0) is 14.8 Å². The van der Waals surface area contributed by atoms with Gasteiger partial charge in [-0.15, -0.1) is 0 Å². The summed E-state index contributed by atoms with van der Waals surface area (Å²) in [6.45, 7) is 1.72. The van der Waals surface area contributed by atoms with Crippen LogP contribution in [0.1, 0.15) is 6.92 Å². The molecule has 0 fully saturated rings. The van der Waals surface area contributed by atoms with Crippen molar-refractivity contribution in [1.82, 2.24) is 10.0 Å². The molecule has 0 aliphatic carbocycles. The summed E-state index contributed by atoms with van der Waals surface area (Å²) in [5.74, 6) is -1.09. The van der Waals surface area contributed by atoms with Crippen molar-refractivity contribution >= 4 is 21.6 Å². The zero-order valence-corrected chi connectivity index (χ0v) is 10.6. The van der Waals surface area contributed by atoms with Crippen LogP contribution in [0.15, 0.2) is 23.1 Å². The largest absolute Gasteiger partial charge is 0.398 e. The van der Waals surface area contributed by atoms with Gasteiger partial charge in [-0.05, 0) is 25.1 Å². The number of carbonyl (C=O) groups excluding carboxylic acids is 1. The lowest BCUT2D eigenvalue weighted by atomic mass is 10.3. The monoisotopic (exact) mass is 275 g/mol. The van der Waals surface area contributed by atoms with Crippen LogP contribution in [0.5, 0.6) is 0 Å². The van der Waals surface area contributed by atoms with E-state index in [1.54, 1.807) is 6.92 Å². The van der Waals surface area contributed by atoms with E-state index in [-0.39, 0.29) is 10.6 Å². The van der Waals surface area contributed by atoms with Gasteiger partial charge >= 0.3 is 0 Å². The van der Waals surface area contributed by atoms with Gasteiger partial charge in [0.1, 0.15) is 10.7 Å². The molecule has 1 aromatic rings. The average molecular weight is 275 g/mol. The number of benzene rings is 1. The van der Waals surface area contributed by atoms with E-state index in [0.29, 0.717) is 6.54 Å². The molecule has 100 valence electrons. The first-order valence-corrected chi connectivity index (χ1v) is 6.66. The Kier molecular flexibility index (Phi) is 4.62. The van der Waals surface area contributed by atoms with Gasteiger partial charge in [-0.25, -0.2) is 17.5 Å². The second-order valence-electron chi connectivity index (χ2n) is 3.46. The van der Waals surface area contributed by atoms with Gasteiger partial charge in [-0.1, -0.05) is 0 Å². The summed E-state index contributed by atoms with van der Waals surface area (Å²) in [5.41, 5.74) is 5.20. The first-order chi connectivity index (χ1) is 8.36. The second-order valence-corrected chi connectivity index (χ2v) is 5.20. The molecule has 0 spiro atoms. The highest BCUT2D eigenvalue weighted by Crippen LogP contribution is 2.18. The molecule has 0 radical (unpaired) electrons. The Morgan fingerprint density at radius 3 is 2.67 bits per heavy atom. The van der Waals surface area contributed by atoms with Gasteiger partial charge in [0.15, 0.2) is 0 Å². The third-order valence-electron chi connectivity index (χ3n) is 2.06. The lowest BCUT2D eigenvalue weighted by Crippen LogP contribution is -2.36. The van der Waals surface area contributed by atoms with E-state index in [1.165, 1.54) is 0 Å². The molecule has 6 nitrogen and oxygen atoms in total. The third kappa shape index (κ3) is 3.67. The topological polar surface area (TPSA) is 101 Å². The van der Waals surface area contributed by atoms with Crippen molar-refractivity contribution in [3.8, 4) is 0 Å². The maximum absolute atomic E-state index is 12.8. The summed E-state index contributed by atoms with van der Waals surface area (Å²) < 4.78 is 38.4. The zero-order chi connectivity index (χ0) is 13.8. The van der Waals surface area contributed by atoms with E-state index < -0.39 is 28.3 Å². The summed E-state index contributed by atoms with van der Waals surface area (Å²) in [7, 11) is -3.92. The predicted octanol–water partition coefficient (Wildman–Crippen LogP) is -0.178. The Bertz CT molecular complexity index is 545. The fourth-order valence-electron chi connectivity index (χ4n) is 1.26. The average Bonchev–Trinajstić information content (AvgIpc) is 2.26. The SMILES string of the molecule is CCNC(=O)CNS(=O)(=O)c1ccc(F)cc1N. The Morgan fingerprint density at radius 1 is 1.44 bits per heavy atom. The molecule has 4 N–H and O–H groups in total. The standard InChI is InChI=1S/C10H14FN3O3S/c1-2-13-10(15)6-14-18(16,17)9-4-3-7(11)5-8(9)12/h3-5,14H,2,6,12H2,1H3,(H,13,15). The number of likely N-dealkylation sites (N-methyl/N-ethyl adjacent to an activating group) is 1. The second kappa shape index (κ2) is 5.78. The van der Waals surface area contributed by atoms with Crippen LogP contribution in [-0.4, -0.2) is 27.4 Å². The van der Waals surface area contributed by atoms with E-state index in [2.05, 4.69) is 10.0 Å². The van der Waals surface area contributed by atoms with Gasteiger partial charge in [0.05, 0.1) is 12.2 Å². The first kappa shape index (κ1) is 14.4. The Morgan fingerprint density at radius 2 is 2.11 bits per heavy atom. The van der Waals surface area contributed by atoms with E-state index in [9.17, 15) is 17.6 Å². The minimum Gasteiger partial charge on any atom is -0.398 e. The fourth-order valence-corrected chi connectivity index (χ4v) is 2.36. The number of halogens is 1. The smallest absolute Gasteiger partial charge is 0.243 e. The lowest BCUT2D eigenvalue weighted by molar-refractivity contribution is -0.119.